The summed E-state index contributed by atoms with van der Waals surface area (Å²) in [4.78, 5) is 18.6. The summed E-state index contributed by atoms with van der Waals surface area (Å²) in [5, 5.41) is 9.50. The number of thioether (sulfide) groups is 1. The summed E-state index contributed by atoms with van der Waals surface area (Å²) in [7, 11) is 0. The molecule has 1 aromatic rings. The Balaban J connectivity index is 1.81. The number of likely N-dealkylation sites (tertiary alicyclic amines) is 1. The van der Waals surface area contributed by atoms with Crippen LogP contribution in [0, 0.1) is 0 Å². The molecule has 4 nitrogen and oxygen atoms in total. The van der Waals surface area contributed by atoms with Crippen LogP contribution >= 0.6 is 11.8 Å². The quantitative estimate of drug-likeness (QED) is 0.820. The number of piperidine rings is 1. The molecule has 2 heterocycles. The Kier molecular flexibility index (Phi) is 4.39. The molecule has 92 valence electrons. The van der Waals surface area contributed by atoms with Gasteiger partial charge in [-0.05, 0) is 25.0 Å². The van der Waals surface area contributed by atoms with Crippen LogP contribution in [-0.4, -0.2) is 45.8 Å². The number of nitrogens with zero attached hydrogens (tertiary/aromatic N) is 2. The SMILES string of the molecule is O=C(CSc1ccncc1)N1CCCC(O)C1. The number of aliphatic hydroxyl groups is 1. The van der Waals surface area contributed by atoms with Gasteiger partial charge in [0.2, 0.25) is 5.91 Å². The number of rotatable bonds is 3. The fourth-order valence-corrected chi connectivity index (χ4v) is 2.64. The Labute approximate surface area is 105 Å². The molecule has 0 aliphatic carbocycles. The standard InChI is InChI=1S/C12H16N2O2S/c15-10-2-1-7-14(8-10)12(16)9-17-11-3-5-13-6-4-11/h3-6,10,15H,1-2,7-9H2. The lowest BCUT2D eigenvalue weighted by Gasteiger charge is -2.30. The second-order valence-electron chi connectivity index (χ2n) is 4.11. The van der Waals surface area contributed by atoms with Gasteiger partial charge in [-0.2, -0.15) is 0 Å². The van der Waals surface area contributed by atoms with Crippen LogP contribution in [0.3, 0.4) is 0 Å². The first-order valence-electron chi connectivity index (χ1n) is 5.74. The zero-order valence-corrected chi connectivity index (χ0v) is 10.4. The van der Waals surface area contributed by atoms with Gasteiger partial charge in [-0.1, -0.05) is 0 Å². The smallest absolute Gasteiger partial charge is 0.233 e. The molecule has 1 unspecified atom stereocenters. The molecule has 0 radical (unpaired) electrons. The van der Waals surface area contributed by atoms with Gasteiger partial charge >= 0.3 is 0 Å². The van der Waals surface area contributed by atoms with E-state index in [9.17, 15) is 9.90 Å². The van der Waals surface area contributed by atoms with E-state index in [1.165, 1.54) is 11.8 Å². The zero-order valence-electron chi connectivity index (χ0n) is 9.58. The number of aliphatic hydroxyl groups excluding tert-OH is 1. The van der Waals surface area contributed by atoms with Crippen LogP contribution in [0.15, 0.2) is 29.4 Å². The lowest BCUT2D eigenvalue weighted by Crippen LogP contribution is -2.42. The highest BCUT2D eigenvalue weighted by Gasteiger charge is 2.21. The molecule has 1 amide bonds. The molecule has 1 fully saturated rings. The van der Waals surface area contributed by atoms with Gasteiger partial charge in [-0.25, -0.2) is 0 Å². The second-order valence-corrected chi connectivity index (χ2v) is 5.16. The first kappa shape index (κ1) is 12.4. The molecule has 1 aliphatic heterocycles. The summed E-state index contributed by atoms with van der Waals surface area (Å²) in [5.74, 6) is 0.530. The minimum absolute atomic E-state index is 0.102. The second kappa shape index (κ2) is 6.02. The van der Waals surface area contributed by atoms with E-state index in [0.717, 1.165) is 24.3 Å². The van der Waals surface area contributed by atoms with Crippen molar-refractivity contribution in [2.45, 2.75) is 23.8 Å². The van der Waals surface area contributed by atoms with E-state index in [2.05, 4.69) is 4.98 Å². The minimum Gasteiger partial charge on any atom is -0.391 e. The van der Waals surface area contributed by atoms with E-state index in [1.807, 2.05) is 12.1 Å². The first-order chi connectivity index (χ1) is 8.25. The van der Waals surface area contributed by atoms with Crippen molar-refractivity contribution >= 4 is 17.7 Å². The molecule has 1 N–H and O–H groups in total. The Bertz CT molecular complexity index is 372. The number of aromatic nitrogens is 1. The van der Waals surface area contributed by atoms with E-state index in [-0.39, 0.29) is 12.0 Å². The number of β-amino-alcohol motifs (C(OH)–C–C–N with tert-alkyl or cyclic N) is 1. The van der Waals surface area contributed by atoms with Gasteiger partial charge in [0.1, 0.15) is 0 Å². The third-order valence-electron chi connectivity index (χ3n) is 2.76. The van der Waals surface area contributed by atoms with Crippen molar-refractivity contribution in [2.75, 3.05) is 18.8 Å². The maximum Gasteiger partial charge on any atom is 0.233 e. The number of carbonyl (C=O) groups is 1. The normalized spacial score (nSPS) is 20.3. The van der Waals surface area contributed by atoms with E-state index in [4.69, 9.17) is 0 Å². The fourth-order valence-electron chi connectivity index (χ4n) is 1.85. The van der Waals surface area contributed by atoms with Crippen molar-refractivity contribution in [1.29, 1.82) is 0 Å². The largest absolute Gasteiger partial charge is 0.391 e. The molecule has 1 saturated heterocycles. The van der Waals surface area contributed by atoms with Crippen LogP contribution in [0.4, 0.5) is 0 Å². The van der Waals surface area contributed by atoms with Gasteiger partial charge in [0.25, 0.3) is 0 Å². The van der Waals surface area contributed by atoms with Crippen LogP contribution in [0.25, 0.3) is 0 Å². The summed E-state index contributed by atoms with van der Waals surface area (Å²) in [6.45, 7) is 1.25. The van der Waals surface area contributed by atoms with Crippen LogP contribution in [-0.2, 0) is 4.79 Å². The summed E-state index contributed by atoms with van der Waals surface area (Å²) in [6, 6.07) is 3.78. The molecule has 0 spiro atoms. The van der Waals surface area contributed by atoms with E-state index in [0.29, 0.717) is 12.3 Å². The summed E-state index contributed by atoms with van der Waals surface area (Å²) in [5.41, 5.74) is 0. The molecule has 1 atom stereocenters. The maximum atomic E-state index is 11.9. The van der Waals surface area contributed by atoms with Gasteiger partial charge in [0, 0.05) is 30.4 Å². The van der Waals surface area contributed by atoms with Gasteiger partial charge < -0.3 is 10.0 Å². The highest BCUT2D eigenvalue weighted by molar-refractivity contribution is 8.00. The Hall–Kier alpha value is -1.07. The lowest BCUT2D eigenvalue weighted by molar-refractivity contribution is -0.131. The van der Waals surface area contributed by atoms with E-state index in [1.54, 1.807) is 17.3 Å². The highest BCUT2D eigenvalue weighted by atomic mass is 32.2. The van der Waals surface area contributed by atoms with Gasteiger partial charge in [0.15, 0.2) is 0 Å². The summed E-state index contributed by atoms with van der Waals surface area (Å²) >= 11 is 1.51. The van der Waals surface area contributed by atoms with Crippen molar-refractivity contribution in [3.63, 3.8) is 0 Å². The lowest BCUT2D eigenvalue weighted by atomic mass is 10.1. The van der Waals surface area contributed by atoms with Crippen molar-refractivity contribution in [3.8, 4) is 0 Å². The molecule has 1 aromatic heterocycles. The van der Waals surface area contributed by atoms with Gasteiger partial charge in [0.05, 0.1) is 11.9 Å². The van der Waals surface area contributed by atoms with Crippen molar-refractivity contribution in [3.05, 3.63) is 24.5 Å². The highest BCUT2D eigenvalue weighted by Crippen LogP contribution is 2.18. The molecule has 1 aliphatic rings. The number of amides is 1. The topological polar surface area (TPSA) is 53.4 Å². The molecule has 17 heavy (non-hydrogen) atoms. The molecule has 0 bridgehead atoms. The predicted molar refractivity (Wildman–Crippen MR) is 66.8 cm³/mol. The molecule has 5 heteroatoms. The molecule has 0 aromatic carbocycles. The number of hydrogen-bond acceptors (Lipinski definition) is 4. The Morgan fingerprint density at radius 3 is 3.00 bits per heavy atom. The number of carbonyl (C=O) groups excluding carboxylic acids is 1. The monoisotopic (exact) mass is 252 g/mol. The number of hydrogen-bond donors (Lipinski definition) is 1. The van der Waals surface area contributed by atoms with Crippen LogP contribution in [0.5, 0.6) is 0 Å². The minimum atomic E-state index is -0.348. The summed E-state index contributed by atoms with van der Waals surface area (Å²) < 4.78 is 0. The molecular formula is C12H16N2O2S. The third-order valence-corrected chi connectivity index (χ3v) is 3.76. The molecule has 0 saturated carbocycles. The maximum absolute atomic E-state index is 11.9. The molecular weight excluding hydrogens is 236 g/mol. The van der Waals surface area contributed by atoms with Crippen molar-refractivity contribution in [1.82, 2.24) is 9.88 Å². The fraction of sp³-hybridized carbons (Fsp3) is 0.500. The Morgan fingerprint density at radius 1 is 1.53 bits per heavy atom. The Morgan fingerprint density at radius 2 is 2.29 bits per heavy atom. The van der Waals surface area contributed by atoms with Crippen molar-refractivity contribution in [2.24, 2.45) is 0 Å². The van der Waals surface area contributed by atoms with Crippen LogP contribution in [0.1, 0.15) is 12.8 Å². The van der Waals surface area contributed by atoms with Crippen molar-refractivity contribution < 1.29 is 9.90 Å². The predicted octanol–water partition coefficient (Wildman–Crippen LogP) is 1.16. The summed E-state index contributed by atoms with van der Waals surface area (Å²) in [6.07, 6.45) is 4.79. The number of pyridine rings is 1. The van der Waals surface area contributed by atoms with Crippen LogP contribution in [0.2, 0.25) is 0 Å². The average molecular weight is 252 g/mol. The zero-order chi connectivity index (χ0) is 12.1. The van der Waals surface area contributed by atoms with E-state index >= 15 is 0 Å². The van der Waals surface area contributed by atoms with Gasteiger partial charge in [-0.15, -0.1) is 11.8 Å². The van der Waals surface area contributed by atoms with Crippen LogP contribution < -0.4 is 0 Å². The first-order valence-corrected chi connectivity index (χ1v) is 6.73. The molecule has 2 rings (SSSR count). The van der Waals surface area contributed by atoms with Gasteiger partial charge in [-0.3, -0.25) is 9.78 Å². The third kappa shape index (κ3) is 3.71. The average Bonchev–Trinajstić information content (AvgIpc) is 2.37. The van der Waals surface area contributed by atoms with E-state index < -0.39 is 0 Å².